The third kappa shape index (κ3) is 4.62. The van der Waals surface area contributed by atoms with Crippen molar-refractivity contribution in [2.45, 2.75) is 38.8 Å². The largest absolute Gasteiger partial charge is 0.491 e. The molecule has 0 unspecified atom stereocenters. The highest BCUT2D eigenvalue weighted by Crippen LogP contribution is 2.28. The van der Waals surface area contributed by atoms with Crippen LogP contribution >= 0.6 is 0 Å². The van der Waals surface area contributed by atoms with Gasteiger partial charge in [-0.05, 0) is 71.1 Å². The van der Waals surface area contributed by atoms with E-state index in [4.69, 9.17) is 9.72 Å². The molecule has 4 rings (SSSR count). The molecule has 2 heterocycles. The van der Waals surface area contributed by atoms with Gasteiger partial charge in [-0.3, -0.25) is 4.79 Å². The number of nitrogens with one attached hydrogen (secondary N) is 1. The van der Waals surface area contributed by atoms with Gasteiger partial charge in [0.05, 0.1) is 22.9 Å². The Hall–Kier alpha value is -2.92. The molecule has 0 radical (unpaired) electrons. The van der Waals surface area contributed by atoms with E-state index in [1.165, 1.54) is 0 Å². The average Bonchev–Trinajstić information content (AvgIpc) is 2.74. The molecule has 3 aromatic rings. The van der Waals surface area contributed by atoms with E-state index in [-0.39, 0.29) is 18.1 Å². The fraction of sp³-hybridized carbons (Fsp3) is 0.360. The topological polar surface area (TPSA) is 54.5 Å². The van der Waals surface area contributed by atoms with E-state index in [2.05, 4.69) is 17.3 Å². The molecule has 0 saturated carbocycles. The number of hydrogen-bond acceptors (Lipinski definition) is 4. The lowest BCUT2D eigenvalue weighted by molar-refractivity contribution is 0.0918. The Morgan fingerprint density at radius 3 is 2.63 bits per heavy atom. The summed E-state index contributed by atoms with van der Waals surface area (Å²) < 4.78 is 5.84. The summed E-state index contributed by atoms with van der Waals surface area (Å²) in [7, 11) is 2.12. The molecule has 1 amide bonds. The number of amides is 1. The van der Waals surface area contributed by atoms with Gasteiger partial charge in [0.2, 0.25) is 0 Å². The average molecular weight is 404 g/mol. The second kappa shape index (κ2) is 8.84. The zero-order chi connectivity index (χ0) is 21.1. The monoisotopic (exact) mass is 403 g/mol. The van der Waals surface area contributed by atoms with Crippen LogP contribution in [0.3, 0.4) is 0 Å². The van der Waals surface area contributed by atoms with Crippen molar-refractivity contribution in [3.63, 3.8) is 0 Å². The zero-order valence-corrected chi connectivity index (χ0v) is 17.9. The summed E-state index contributed by atoms with van der Waals surface area (Å²) in [5, 5.41) is 4.12. The summed E-state index contributed by atoms with van der Waals surface area (Å²) in [6.07, 6.45) is 2.06. The Morgan fingerprint density at radius 1 is 1.10 bits per heavy atom. The van der Waals surface area contributed by atoms with Gasteiger partial charge in [-0.2, -0.15) is 0 Å². The highest BCUT2D eigenvalue weighted by Gasteiger charge is 2.21. The molecule has 0 bridgehead atoms. The van der Waals surface area contributed by atoms with Gasteiger partial charge in [0.15, 0.2) is 0 Å². The minimum atomic E-state index is -0.0287. The van der Waals surface area contributed by atoms with Gasteiger partial charge in [-0.15, -0.1) is 0 Å². The number of fused-ring (bicyclic) bond motifs is 1. The van der Waals surface area contributed by atoms with Crippen LogP contribution in [0.4, 0.5) is 0 Å². The van der Waals surface area contributed by atoms with Gasteiger partial charge in [-0.25, -0.2) is 4.98 Å². The lowest BCUT2D eigenvalue weighted by Gasteiger charge is -2.29. The molecule has 156 valence electrons. The van der Waals surface area contributed by atoms with Crippen molar-refractivity contribution < 1.29 is 9.53 Å². The quantitative estimate of drug-likeness (QED) is 0.681. The van der Waals surface area contributed by atoms with Gasteiger partial charge >= 0.3 is 0 Å². The maximum Gasteiger partial charge on any atom is 0.252 e. The van der Waals surface area contributed by atoms with Gasteiger partial charge in [0.1, 0.15) is 5.75 Å². The molecular weight excluding hydrogens is 374 g/mol. The minimum absolute atomic E-state index is 0.0287. The first-order valence-electron chi connectivity index (χ1n) is 10.7. The fourth-order valence-electron chi connectivity index (χ4n) is 3.93. The molecule has 0 spiro atoms. The van der Waals surface area contributed by atoms with Gasteiger partial charge < -0.3 is 15.0 Å². The molecule has 30 heavy (non-hydrogen) atoms. The predicted molar refractivity (Wildman–Crippen MR) is 121 cm³/mol. The van der Waals surface area contributed by atoms with Gasteiger partial charge in [0.25, 0.3) is 5.91 Å². The molecule has 1 N–H and O–H groups in total. The van der Waals surface area contributed by atoms with Crippen molar-refractivity contribution in [3.05, 3.63) is 60.2 Å². The van der Waals surface area contributed by atoms with Crippen molar-refractivity contribution >= 4 is 16.8 Å². The van der Waals surface area contributed by atoms with E-state index >= 15 is 0 Å². The zero-order valence-electron chi connectivity index (χ0n) is 17.9. The van der Waals surface area contributed by atoms with Crippen molar-refractivity contribution in [2.75, 3.05) is 20.1 Å². The molecule has 0 aliphatic carbocycles. The number of likely N-dealkylation sites (tertiary alicyclic amines) is 1. The number of rotatable bonds is 5. The maximum atomic E-state index is 13.2. The van der Waals surface area contributed by atoms with E-state index in [0.29, 0.717) is 5.56 Å². The van der Waals surface area contributed by atoms with Gasteiger partial charge in [-0.1, -0.05) is 30.3 Å². The van der Waals surface area contributed by atoms with Gasteiger partial charge in [0, 0.05) is 17.0 Å². The number of benzene rings is 2. The maximum absolute atomic E-state index is 13.2. The number of para-hydroxylation sites is 1. The SMILES string of the molecule is CC(C)Oc1cccc(-c2cc(C(=O)NC3CCN(C)CC3)c3ccccc3n2)c1. The van der Waals surface area contributed by atoms with Crippen LogP contribution < -0.4 is 10.1 Å². The first-order chi connectivity index (χ1) is 14.5. The Labute approximate surface area is 178 Å². The summed E-state index contributed by atoms with van der Waals surface area (Å²) >= 11 is 0. The van der Waals surface area contributed by atoms with Crippen molar-refractivity contribution in [2.24, 2.45) is 0 Å². The molecule has 0 atom stereocenters. The van der Waals surface area contributed by atoms with Crippen LogP contribution in [0.25, 0.3) is 22.2 Å². The van der Waals surface area contributed by atoms with Crippen LogP contribution in [-0.4, -0.2) is 48.1 Å². The highest BCUT2D eigenvalue weighted by molar-refractivity contribution is 6.07. The summed E-state index contributed by atoms with van der Waals surface area (Å²) in [5.74, 6) is 0.772. The van der Waals surface area contributed by atoms with Crippen LogP contribution in [-0.2, 0) is 0 Å². The van der Waals surface area contributed by atoms with E-state index in [0.717, 1.165) is 53.8 Å². The summed E-state index contributed by atoms with van der Waals surface area (Å²) in [4.78, 5) is 20.4. The number of carbonyl (C=O) groups excluding carboxylic acids is 1. The number of hydrogen-bond donors (Lipinski definition) is 1. The molecule has 2 aromatic carbocycles. The number of aromatic nitrogens is 1. The molecular formula is C25H29N3O2. The molecule has 5 heteroatoms. The second-order valence-corrected chi connectivity index (χ2v) is 8.32. The summed E-state index contributed by atoms with van der Waals surface area (Å²) in [6, 6.07) is 17.8. The lowest BCUT2D eigenvalue weighted by Crippen LogP contribution is -2.43. The van der Waals surface area contributed by atoms with Crippen LogP contribution in [0, 0.1) is 0 Å². The molecule has 1 aliphatic heterocycles. The van der Waals surface area contributed by atoms with Crippen LogP contribution in [0.15, 0.2) is 54.6 Å². The van der Waals surface area contributed by atoms with Crippen LogP contribution in [0.5, 0.6) is 5.75 Å². The van der Waals surface area contributed by atoms with E-state index in [1.54, 1.807) is 0 Å². The highest BCUT2D eigenvalue weighted by atomic mass is 16.5. The van der Waals surface area contributed by atoms with Crippen LogP contribution in [0.2, 0.25) is 0 Å². The molecule has 1 fully saturated rings. The number of carbonyl (C=O) groups is 1. The first-order valence-corrected chi connectivity index (χ1v) is 10.7. The van der Waals surface area contributed by atoms with Crippen LogP contribution in [0.1, 0.15) is 37.0 Å². The summed E-state index contributed by atoms with van der Waals surface area (Å²) in [5.41, 5.74) is 3.20. The third-order valence-corrected chi connectivity index (χ3v) is 5.52. The Morgan fingerprint density at radius 2 is 1.87 bits per heavy atom. The van der Waals surface area contributed by atoms with E-state index in [9.17, 15) is 4.79 Å². The molecule has 1 saturated heterocycles. The number of nitrogens with zero attached hydrogens (tertiary/aromatic N) is 2. The minimum Gasteiger partial charge on any atom is -0.491 e. The van der Waals surface area contributed by atoms with E-state index < -0.39 is 0 Å². The fourth-order valence-corrected chi connectivity index (χ4v) is 3.93. The number of pyridine rings is 1. The smallest absolute Gasteiger partial charge is 0.252 e. The predicted octanol–water partition coefficient (Wildman–Crippen LogP) is 4.51. The normalized spacial score (nSPS) is 15.5. The molecule has 5 nitrogen and oxygen atoms in total. The number of piperidine rings is 1. The second-order valence-electron chi connectivity index (χ2n) is 8.32. The molecule has 1 aliphatic rings. The van der Waals surface area contributed by atoms with E-state index in [1.807, 2.05) is 68.4 Å². The molecule has 1 aromatic heterocycles. The standard InChI is InChI=1S/C25H29N3O2/c1-17(2)30-20-8-6-7-18(15-20)24-16-22(21-9-4-5-10-23(21)27-24)25(29)26-19-11-13-28(3)14-12-19/h4-10,15-17,19H,11-14H2,1-3H3,(H,26,29). The lowest BCUT2D eigenvalue weighted by atomic mass is 10.0. The first kappa shape index (κ1) is 20.4. The Kier molecular flexibility index (Phi) is 6.00. The Bertz CT molecular complexity index is 1040. The number of ether oxygens (including phenoxy) is 1. The Balaban J connectivity index is 1.68. The van der Waals surface area contributed by atoms with Crippen molar-refractivity contribution in [1.82, 2.24) is 15.2 Å². The van der Waals surface area contributed by atoms with Crippen molar-refractivity contribution in [1.29, 1.82) is 0 Å². The van der Waals surface area contributed by atoms with Crippen molar-refractivity contribution in [3.8, 4) is 17.0 Å². The summed E-state index contributed by atoms with van der Waals surface area (Å²) in [6.45, 7) is 6.03. The third-order valence-electron chi connectivity index (χ3n) is 5.52.